The molecule has 0 heterocycles. The highest BCUT2D eigenvalue weighted by molar-refractivity contribution is 7.92. The molecule has 0 spiro atoms. The highest BCUT2D eigenvalue weighted by Crippen LogP contribution is 2.27. The first-order valence-corrected chi connectivity index (χ1v) is 10.3. The molecule has 3 aromatic rings. The molecule has 0 aliphatic heterocycles. The Kier molecular flexibility index (Phi) is 5.80. The molecule has 0 bridgehead atoms. The van der Waals surface area contributed by atoms with Crippen LogP contribution in [0.25, 0.3) is 0 Å². The molecule has 0 atom stereocenters. The van der Waals surface area contributed by atoms with Crippen LogP contribution in [0, 0.1) is 13.8 Å². The van der Waals surface area contributed by atoms with E-state index in [1.165, 1.54) is 0 Å². The van der Waals surface area contributed by atoms with Crippen LogP contribution in [0.5, 0.6) is 0 Å². The van der Waals surface area contributed by atoms with Crippen molar-refractivity contribution in [2.45, 2.75) is 18.7 Å². The van der Waals surface area contributed by atoms with Crippen molar-refractivity contribution in [1.29, 1.82) is 0 Å². The Hall–Kier alpha value is -3.12. The third kappa shape index (κ3) is 4.40. The Balaban J connectivity index is 1.97. The summed E-state index contributed by atoms with van der Waals surface area (Å²) in [7, 11) is -3.91. The summed E-state index contributed by atoms with van der Waals surface area (Å²) in [5.41, 5.74) is 2.82. The van der Waals surface area contributed by atoms with E-state index >= 15 is 0 Å². The molecule has 3 aromatic carbocycles. The minimum Gasteiger partial charge on any atom is -0.325 e. The van der Waals surface area contributed by atoms with Gasteiger partial charge in [0.2, 0.25) is 5.91 Å². The van der Waals surface area contributed by atoms with E-state index in [1.54, 1.807) is 60.7 Å². The van der Waals surface area contributed by atoms with E-state index in [9.17, 15) is 13.2 Å². The van der Waals surface area contributed by atoms with E-state index in [0.717, 1.165) is 15.4 Å². The normalized spacial score (nSPS) is 11.1. The summed E-state index contributed by atoms with van der Waals surface area (Å²) in [6.07, 6.45) is 0. The van der Waals surface area contributed by atoms with Gasteiger partial charge in [-0.15, -0.1) is 0 Å². The lowest BCUT2D eigenvalue weighted by molar-refractivity contribution is -0.114. The fraction of sp³-hybridized carbons (Fsp3) is 0.136. The number of hydrogen-bond acceptors (Lipinski definition) is 3. The predicted octanol–water partition coefficient (Wildman–Crippen LogP) is 4.14. The molecule has 1 amide bonds. The molecule has 6 heteroatoms. The van der Waals surface area contributed by atoms with Gasteiger partial charge in [-0.1, -0.05) is 54.1 Å². The first kappa shape index (κ1) is 19.6. The maximum Gasteiger partial charge on any atom is 0.264 e. The Bertz CT molecular complexity index is 1060. The van der Waals surface area contributed by atoms with Crippen LogP contribution in [0.15, 0.2) is 83.8 Å². The Morgan fingerprint density at radius 2 is 1.46 bits per heavy atom. The second kappa shape index (κ2) is 8.27. The van der Waals surface area contributed by atoms with Gasteiger partial charge in [-0.3, -0.25) is 9.10 Å². The molecule has 1 N–H and O–H groups in total. The molecule has 144 valence electrons. The van der Waals surface area contributed by atoms with Crippen LogP contribution in [0.1, 0.15) is 11.1 Å². The van der Waals surface area contributed by atoms with Crippen molar-refractivity contribution in [2.24, 2.45) is 0 Å². The van der Waals surface area contributed by atoms with Gasteiger partial charge in [-0.2, -0.15) is 0 Å². The second-order valence-corrected chi connectivity index (χ2v) is 8.39. The number of carbonyl (C=O) groups is 1. The van der Waals surface area contributed by atoms with Gasteiger partial charge in [0.15, 0.2) is 0 Å². The van der Waals surface area contributed by atoms with E-state index < -0.39 is 15.9 Å². The third-order valence-electron chi connectivity index (χ3n) is 4.34. The van der Waals surface area contributed by atoms with Crippen molar-refractivity contribution in [1.82, 2.24) is 0 Å². The van der Waals surface area contributed by atoms with Crippen LogP contribution in [0.4, 0.5) is 11.4 Å². The minimum absolute atomic E-state index is 0.147. The van der Waals surface area contributed by atoms with Gasteiger partial charge in [-0.05, 0) is 49.7 Å². The molecule has 0 unspecified atom stereocenters. The number of hydrogen-bond donors (Lipinski definition) is 1. The Morgan fingerprint density at radius 1 is 0.857 bits per heavy atom. The van der Waals surface area contributed by atoms with E-state index in [1.807, 2.05) is 32.0 Å². The number of anilines is 2. The number of sulfonamides is 1. The maximum atomic E-state index is 13.3. The summed E-state index contributed by atoms with van der Waals surface area (Å²) < 4.78 is 27.8. The number of aryl methyl sites for hydroxylation is 2. The lowest BCUT2D eigenvalue weighted by Gasteiger charge is -2.25. The first-order valence-electron chi connectivity index (χ1n) is 8.88. The molecule has 0 aliphatic carbocycles. The zero-order valence-corrected chi connectivity index (χ0v) is 16.6. The van der Waals surface area contributed by atoms with E-state index in [2.05, 4.69) is 5.32 Å². The molecule has 28 heavy (non-hydrogen) atoms. The highest BCUT2D eigenvalue weighted by atomic mass is 32.2. The predicted molar refractivity (Wildman–Crippen MR) is 112 cm³/mol. The first-order chi connectivity index (χ1) is 13.4. The Morgan fingerprint density at radius 3 is 2.11 bits per heavy atom. The summed E-state index contributed by atoms with van der Waals surface area (Å²) in [5.74, 6) is -0.412. The van der Waals surface area contributed by atoms with Gasteiger partial charge in [-0.25, -0.2) is 8.42 Å². The molecule has 0 saturated carbocycles. The molecule has 0 aliphatic rings. The van der Waals surface area contributed by atoms with Crippen molar-refractivity contribution >= 4 is 27.3 Å². The fourth-order valence-electron chi connectivity index (χ4n) is 2.83. The number of nitrogens with zero attached hydrogens (tertiary/aromatic N) is 1. The summed E-state index contributed by atoms with van der Waals surface area (Å²) in [6.45, 7) is 3.39. The highest BCUT2D eigenvalue weighted by Gasteiger charge is 2.28. The summed E-state index contributed by atoms with van der Waals surface area (Å²) >= 11 is 0. The number of rotatable bonds is 6. The molecule has 0 saturated heterocycles. The molecular formula is C22H22N2O3S. The van der Waals surface area contributed by atoms with Crippen LogP contribution in [0.2, 0.25) is 0 Å². The minimum atomic E-state index is -3.91. The van der Waals surface area contributed by atoms with Crippen LogP contribution in [-0.4, -0.2) is 20.9 Å². The van der Waals surface area contributed by atoms with Crippen molar-refractivity contribution in [2.75, 3.05) is 16.2 Å². The third-order valence-corrected chi connectivity index (χ3v) is 6.11. The zero-order chi connectivity index (χ0) is 20.1. The van der Waals surface area contributed by atoms with Crippen LogP contribution >= 0.6 is 0 Å². The summed E-state index contributed by atoms with van der Waals surface area (Å²) in [4.78, 5) is 12.8. The van der Waals surface area contributed by atoms with Gasteiger partial charge >= 0.3 is 0 Å². The molecular weight excluding hydrogens is 372 g/mol. The van der Waals surface area contributed by atoms with Crippen molar-refractivity contribution in [3.05, 3.63) is 90.0 Å². The van der Waals surface area contributed by atoms with E-state index in [4.69, 9.17) is 0 Å². The number of carbonyl (C=O) groups excluding carboxylic acids is 1. The van der Waals surface area contributed by atoms with Gasteiger partial charge in [0.25, 0.3) is 10.0 Å². The fourth-order valence-corrected chi connectivity index (χ4v) is 4.32. The van der Waals surface area contributed by atoms with Gasteiger partial charge in [0.1, 0.15) is 6.54 Å². The molecule has 0 fully saturated rings. The van der Waals surface area contributed by atoms with Crippen LogP contribution < -0.4 is 9.62 Å². The molecule has 0 radical (unpaired) electrons. The molecule has 0 aromatic heterocycles. The summed E-state index contributed by atoms with van der Waals surface area (Å²) in [5, 5.41) is 2.75. The lowest BCUT2D eigenvalue weighted by atomic mass is 10.2. The topological polar surface area (TPSA) is 66.5 Å². The number of amides is 1. The van der Waals surface area contributed by atoms with Gasteiger partial charge < -0.3 is 5.32 Å². The molecule has 5 nitrogen and oxygen atoms in total. The lowest BCUT2D eigenvalue weighted by Crippen LogP contribution is -2.38. The van der Waals surface area contributed by atoms with Crippen molar-refractivity contribution in [3.8, 4) is 0 Å². The van der Waals surface area contributed by atoms with Crippen molar-refractivity contribution in [3.63, 3.8) is 0 Å². The Labute approximate surface area is 165 Å². The average molecular weight is 394 g/mol. The smallest absolute Gasteiger partial charge is 0.264 e. The standard InChI is InChI=1S/C22H22N2O3S/c1-17-12-14-20(15-13-17)28(26,27)24(21-11-7-6-8-18(21)2)16-22(25)23-19-9-4-3-5-10-19/h3-15H,16H2,1-2H3,(H,23,25). The SMILES string of the molecule is Cc1ccc(S(=O)(=O)N(CC(=O)Nc2ccccc2)c2ccccc2C)cc1. The maximum absolute atomic E-state index is 13.3. The zero-order valence-electron chi connectivity index (χ0n) is 15.8. The van der Waals surface area contributed by atoms with E-state index in [0.29, 0.717) is 11.4 Å². The largest absolute Gasteiger partial charge is 0.325 e. The number of benzene rings is 3. The van der Waals surface area contributed by atoms with Crippen LogP contribution in [-0.2, 0) is 14.8 Å². The molecule has 3 rings (SSSR count). The monoisotopic (exact) mass is 394 g/mol. The van der Waals surface area contributed by atoms with Gasteiger partial charge in [0, 0.05) is 5.69 Å². The van der Waals surface area contributed by atoms with Crippen LogP contribution in [0.3, 0.4) is 0 Å². The van der Waals surface area contributed by atoms with E-state index in [-0.39, 0.29) is 11.4 Å². The van der Waals surface area contributed by atoms with Gasteiger partial charge in [0.05, 0.1) is 10.6 Å². The average Bonchev–Trinajstić information content (AvgIpc) is 2.68. The summed E-state index contributed by atoms with van der Waals surface area (Å²) in [6, 6.07) is 22.7. The quantitative estimate of drug-likeness (QED) is 0.683. The second-order valence-electron chi connectivity index (χ2n) is 6.53. The number of nitrogens with one attached hydrogen (secondary N) is 1. The number of para-hydroxylation sites is 2. The van der Waals surface area contributed by atoms with Crippen molar-refractivity contribution < 1.29 is 13.2 Å².